The van der Waals surface area contributed by atoms with Gasteiger partial charge in [-0.05, 0) is 12.5 Å². The van der Waals surface area contributed by atoms with E-state index >= 15 is 0 Å². The van der Waals surface area contributed by atoms with Crippen molar-refractivity contribution in [1.82, 2.24) is 20.9 Å². The van der Waals surface area contributed by atoms with Crippen molar-refractivity contribution in [3.05, 3.63) is 35.9 Å². The number of rotatable bonds is 6. The molecule has 0 radical (unpaired) electrons. The summed E-state index contributed by atoms with van der Waals surface area (Å²) in [6.45, 7) is 5.10. The number of carbonyl (C=O) groups excluding carboxylic acids is 2. The molecular formula is C17H25N5O2. The SMILES string of the molecule is CN=C(NCCN1C(=O)CNC1=O)NC(C)C(C)c1ccccc1. The lowest BCUT2D eigenvalue weighted by molar-refractivity contribution is -0.124. The Morgan fingerprint density at radius 2 is 2.00 bits per heavy atom. The second-order valence-electron chi connectivity index (χ2n) is 5.84. The molecule has 3 amide bonds. The molecule has 7 nitrogen and oxygen atoms in total. The molecule has 3 N–H and O–H groups in total. The fourth-order valence-corrected chi connectivity index (χ4v) is 2.55. The minimum Gasteiger partial charge on any atom is -0.355 e. The molecule has 1 aliphatic heterocycles. The third-order valence-electron chi connectivity index (χ3n) is 4.23. The molecule has 2 atom stereocenters. The summed E-state index contributed by atoms with van der Waals surface area (Å²) in [5.41, 5.74) is 1.26. The molecule has 0 bridgehead atoms. The molecule has 7 heteroatoms. The van der Waals surface area contributed by atoms with Crippen LogP contribution in [-0.2, 0) is 4.79 Å². The Morgan fingerprint density at radius 1 is 1.29 bits per heavy atom. The fraction of sp³-hybridized carbons (Fsp3) is 0.471. The van der Waals surface area contributed by atoms with Crippen LogP contribution in [0.5, 0.6) is 0 Å². The Labute approximate surface area is 142 Å². The van der Waals surface area contributed by atoms with Crippen LogP contribution in [0.15, 0.2) is 35.3 Å². The molecule has 0 spiro atoms. The van der Waals surface area contributed by atoms with Crippen LogP contribution in [-0.4, -0.2) is 55.5 Å². The van der Waals surface area contributed by atoms with Gasteiger partial charge in [0.25, 0.3) is 0 Å². The quantitative estimate of drug-likeness (QED) is 0.411. The number of nitrogens with zero attached hydrogens (tertiary/aromatic N) is 2. The molecule has 1 aromatic carbocycles. The van der Waals surface area contributed by atoms with Gasteiger partial charge in [-0.3, -0.25) is 14.7 Å². The smallest absolute Gasteiger partial charge is 0.324 e. The Hall–Kier alpha value is -2.57. The van der Waals surface area contributed by atoms with Crippen molar-refractivity contribution in [1.29, 1.82) is 0 Å². The first kappa shape index (κ1) is 17.8. The summed E-state index contributed by atoms with van der Waals surface area (Å²) < 4.78 is 0. The summed E-state index contributed by atoms with van der Waals surface area (Å²) in [7, 11) is 1.70. The van der Waals surface area contributed by atoms with Gasteiger partial charge in [0.2, 0.25) is 5.91 Å². The van der Waals surface area contributed by atoms with Crippen molar-refractivity contribution < 1.29 is 9.59 Å². The van der Waals surface area contributed by atoms with Gasteiger partial charge < -0.3 is 16.0 Å². The van der Waals surface area contributed by atoms with Gasteiger partial charge in [0.05, 0.1) is 6.54 Å². The van der Waals surface area contributed by atoms with E-state index in [0.717, 1.165) is 0 Å². The molecule has 1 heterocycles. The number of aliphatic imine (C=N–C) groups is 1. The zero-order chi connectivity index (χ0) is 17.5. The first-order valence-corrected chi connectivity index (χ1v) is 8.13. The van der Waals surface area contributed by atoms with Crippen LogP contribution >= 0.6 is 0 Å². The van der Waals surface area contributed by atoms with E-state index in [1.54, 1.807) is 7.05 Å². The highest BCUT2D eigenvalue weighted by Gasteiger charge is 2.27. The van der Waals surface area contributed by atoms with E-state index in [1.807, 2.05) is 18.2 Å². The normalized spacial score (nSPS) is 17.5. The van der Waals surface area contributed by atoms with Crippen molar-refractivity contribution in [2.45, 2.75) is 25.8 Å². The summed E-state index contributed by atoms with van der Waals surface area (Å²) in [6.07, 6.45) is 0. The number of amides is 3. The zero-order valence-electron chi connectivity index (χ0n) is 14.4. The summed E-state index contributed by atoms with van der Waals surface area (Å²) in [4.78, 5) is 28.4. The Balaban J connectivity index is 1.81. The minimum absolute atomic E-state index is 0.0808. The number of hydrogen-bond donors (Lipinski definition) is 3. The Kier molecular flexibility index (Phi) is 6.17. The van der Waals surface area contributed by atoms with E-state index < -0.39 is 0 Å². The van der Waals surface area contributed by atoms with Crippen molar-refractivity contribution in [3.63, 3.8) is 0 Å². The molecule has 24 heavy (non-hydrogen) atoms. The monoisotopic (exact) mass is 331 g/mol. The van der Waals surface area contributed by atoms with E-state index in [2.05, 4.69) is 46.9 Å². The van der Waals surface area contributed by atoms with Gasteiger partial charge in [0, 0.05) is 32.1 Å². The van der Waals surface area contributed by atoms with Crippen molar-refractivity contribution in [2.24, 2.45) is 4.99 Å². The van der Waals surface area contributed by atoms with E-state index in [1.165, 1.54) is 10.5 Å². The lowest BCUT2D eigenvalue weighted by atomic mass is 9.94. The van der Waals surface area contributed by atoms with Crippen LogP contribution in [0.25, 0.3) is 0 Å². The van der Waals surface area contributed by atoms with E-state index in [0.29, 0.717) is 25.0 Å². The van der Waals surface area contributed by atoms with Gasteiger partial charge in [-0.1, -0.05) is 37.3 Å². The number of nitrogens with one attached hydrogen (secondary N) is 3. The molecule has 0 aromatic heterocycles. The van der Waals surface area contributed by atoms with Crippen LogP contribution in [0.1, 0.15) is 25.3 Å². The lowest BCUT2D eigenvalue weighted by Gasteiger charge is -2.24. The van der Waals surface area contributed by atoms with Crippen LogP contribution in [0.2, 0.25) is 0 Å². The number of guanidine groups is 1. The maximum atomic E-state index is 11.5. The van der Waals surface area contributed by atoms with Gasteiger partial charge in [-0.15, -0.1) is 0 Å². The molecule has 1 aromatic rings. The second kappa shape index (κ2) is 8.33. The van der Waals surface area contributed by atoms with E-state index in [-0.39, 0.29) is 24.5 Å². The summed E-state index contributed by atoms with van der Waals surface area (Å²) in [5.74, 6) is 0.767. The van der Waals surface area contributed by atoms with Gasteiger partial charge in [-0.2, -0.15) is 0 Å². The lowest BCUT2D eigenvalue weighted by Crippen LogP contribution is -2.47. The van der Waals surface area contributed by atoms with Crippen LogP contribution < -0.4 is 16.0 Å². The van der Waals surface area contributed by atoms with E-state index in [4.69, 9.17) is 0 Å². The molecule has 2 unspecified atom stereocenters. The number of urea groups is 1. The maximum Gasteiger partial charge on any atom is 0.324 e. The van der Waals surface area contributed by atoms with Crippen LogP contribution in [0, 0.1) is 0 Å². The average Bonchev–Trinajstić information content (AvgIpc) is 2.92. The number of hydrogen-bond acceptors (Lipinski definition) is 3. The summed E-state index contributed by atoms with van der Waals surface area (Å²) >= 11 is 0. The predicted octanol–water partition coefficient (Wildman–Crippen LogP) is 0.895. The standard InChI is InChI=1S/C17H25N5O2/c1-12(14-7-5-4-6-8-14)13(2)21-16(18-3)19-9-10-22-15(23)11-20-17(22)24/h4-8,12-13H,9-11H2,1-3H3,(H,20,24)(H2,18,19,21). The Bertz CT molecular complexity index is 586. The number of carbonyl (C=O) groups is 2. The van der Waals surface area contributed by atoms with Crippen LogP contribution in [0.4, 0.5) is 4.79 Å². The summed E-state index contributed by atoms with van der Waals surface area (Å²) in [6, 6.07) is 10.1. The van der Waals surface area contributed by atoms with Gasteiger partial charge in [-0.25, -0.2) is 4.79 Å². The van der Waals surface area contributed by atoms with Gasteiger partial charge >= 0.3 is 6.03 Å². The minimum atomic E-state index is -0.337. The molecule has 1 saturated heterocycles. The van der Waals surface area contributed by atoms with Gasteiger partial charge in [0.1, 0.15) is 0 Å². The third kappa shape index (κ3) is 4.47. The molecule has 0 saturated carbocycles. The third-order valence-corrected chi connectivity index (χ3v) is 4.23. The zero-order valence-corrected chi connectivity index (χ0v) is 14.4. The number of imide groups is 1. The molecule has 1 fully saturated rings. The van der Waals surface area contributed by atoms with E-state index in [9.17, 15) is 9.59 Å². The van der Waals surface area contributed by atoms with Crippen molar-refractivity contribution in [2.75, 3.05) is 26.7 Å². The molecule has 130 valence electrons. The Morgan fingerprint density at radius 3 is 2.58 bits per heavy atom. The first-order chi connectivity index (χ1) is 11.5. The molecule has 0 aliphatic carbocycles. The second-order valence-corrected chi connectivity index (χ2v) is 5.84. The average molecular weight is 331 g/mol. The first-order valence-electron chi connectivity index (χ1n) is 8.13. The highest BCUT2D eigenvalue weighted by Crippen LogP contribution is 2.18. The highest BCUT2D eigenvalue weighted by atomic mass is 16.2. The van der Waals surface area contributed by atoms with Crippen molar-refractivity contribution in [3.8, 4) is 0 Å². The fourth-order valence-electron chi connectivity index (χ4n) is 2.55. The number of benzene rings is 1. The molecule has 2 rings (SSSR count). The topological polar surface area (TPSA) is 85.8 Å². The predicted molar refractivity (Wildman–Crippen MR) is 93.9 cm³/mol. The maximum absolute atomic E-state index is 11.5. The molecule has 1 aliphatic rings. The highest BCUT2D eigenvalue weighted by molar-refractivity contribution is 6.01. The summed E-state index contributed by atoms with van der Waals surface area (Å²) in [5, 5.41) is 8.99. The van der Waals surface area contributed by atoms with Crippen molar-refractivity contribution >= 4 is 17.9 Å². The largest absolute Gasteiger partial charge is 0.355 e. The van der Waals surface area contributed by atoms with Gasteiger partial charge in [0.15, 0.2) is 5.96 Å². The molecular weight excluding hydrogens is 306 g/mol. The van der Waals surface area contributed by atoms with Crippen LogP contribution in [0.3, 0.4) is 0 Å².